The van der Waals surface area contributed by atoms with Crippen molar-refractivity contribution in [2.75, 3.05) is 18.2 Å². The highest BCUT2D eigenvalue weighted by Gasteiger charge is 2.19. The van der Waals surface area contributed by atoms with Crippen LogP contribution in [0, 0.1) is 0 Å². The molecule has 1 aromatic heterocycles. The molecule has 6 heteroatoms. The van der Waals surface area contributed by atoms with Gasteiger partial charge in [0.25, 0.3) is 0 Å². The molecule has 1 heterocycles. The number of hydrogen-bond acceptors (Lipinski definition) is 6. The van der Waals surface area contributed by atoms with E-state index in [4.69, 9.17) is 4.74 Å². The fourth-order valence-corrected chi connectivity index (χ4v) is 2.78. The Labute approximate surface area is 127 Å². The maximum Gasteiger partial charge on any atom is 0.328 e. The molecule has 0 aliphatic carbocycles. The van der Waals surface area contributed by atoms with Gasteiger partial charge in [-0.1, -0.05) is 30.3 Å². The Kier molecular flexibility index (Phi) is 5.43. The second-order valence-electron chi connectivity index (χ2n) is 4.14. The van der Waals surface area contributed by atoms with E-state index in [2.05, 4.69) is 22.9 Å². The fourth-order valence-electron chi connectivity index (χ4n) is 1.75. The molecule has 0 fully saturated rings. The minimum absolute atomic E-state index is 0.296. The average molecular weight is 308 g/mol. The molecule has 1 atom stereocenters. The second kappa shape index (κ2) is 7.31. The van der Waals surface area contributed by atoms with Gasteiger partial charge in [-0.25, -0.2) is 9.78 Å². The quantitative estimate of drug-likeness (QED) is 0.636. The van der Waals surface area contributed by atoms with Crippen molar-refractivity contribution >= 4 is 35.1 Å². The highest BCUT2D eigenvalue weighted by atomic mass is 32.1. The monoisotopic (exact) mass is 308 g/mol. The molecule has 0 saturated carbocycles. The molecule has 0 saturated heterocycles. The van der Waals surface area contributed by atoms with Gasteiger partial charge < -0.3 is 10.1 Å². The minimum atomic E-state index is -0.410. The summed E-state index contributed by atoms with van der Waals surface area (Å²) in [5.74, 6) is 0.305. The number of benzene rings is 1. The second-order valence-corrected chi connectivity index (χ2v) is 5.44. The van der Waals surface area contributed by atoms with Crippen LogP contribution in [-0.4, -0.2) is 29.9 Å². The Morgan fingerprint density at radius 3 is 2.85 bits per heavy atom. The summed E-state index contributed by atoms with van der Waals surface area (Å²) in [6.07, 6.45) is 0.593. The van der Waals surface area contributed by atoms with Gasteiger partial charge in [-0.2, -0.15) is 12.6 Å². The van der Waals surface area contributed by atoms with Crippen molar-refractivity contribution in [1.82, 2.24) is 4.98 Å². The van der Waals surface area contributed by atoms with Crippen molar-refractivity contribution in [3.05, 3.63) is 35.7 Å². The zero-order valence-corrected chi connectivity index (χ0v) is 12.8. The maximum atomic E-state index is 11.6. The molecule has 0 aliphatic heterocycles. The van der Waals surface area contributed by atoms with Crippen LogP contribution in [0.15, 0.2) is 35.7 Å². The number of rotatable bonds is 6. The molecule has 0 radical (unpaired) electrons. The van der Waals surface area contributed by atoms with Crippen molar-refractivity contribution in [2.45, 2.75) is 12.5 Å². The number of methoxy groups -OCH3 is 1. The van der Waals surface area contributed by atoms with Crippen LogP contribution in [0.4, 0.5) is 5.13 Å². The summed E-state index contributed by atoms with van der Waals surface area (Å²) in [6.45, 7) is 0. The number of thiazole rings is 1. The third-order valence-electron chi connectivity index (χ3n) is 2.77. The first kappa shape index (κ1) is 14.9. The van der Waals surface area contributed by atoms with Crippen molar-refractivity contribution in [3.8, 4) is 11.3 Å². The molecule has 0 unspecified atom stereocenters. The summed E-state index contributed by atoms with van der Waals surface area (Å²) in [6, 6.07) is 9.51. The van der Waals surface area contributed by atoms with E-state index in [0.717, 1.165) is 11.3 Å². The largest absolute Gasteiger partial charge is 0.467 e. The molecule has 20 heavy (non-hydrogen) atoms. The summed E-state index contributed by atoms with van der Waals surface area (Å²) >= 11 is 5.63. The first-order valence-electron chi connectivity index (χ1n) is 6.20. The Morgan fingerprint density at radius 1 is 1.45 bits per heavy atom. The van der Waals surface area contributed by atoms with Gasteiger partial charge in [0.15, 0.2) is 5.13 Å². The lowest BCUT2D eigenvalue weighted by Crippen LogP contribution is -2.31. The van der Waals surface area contributed by atoms with E-state index < -0.39 is 6.04 Å². The van der Waals surface area contributed by atoms with Crippen molar-refractivity contribution in [2.24, 2.45) is 0 Å². The van der Waals surface area contributed by atoms with E-state index in [-0.39, 0.29) is 5.97 Å². The third kappa shape index (κ3) is 3.74. The van der Waals surface area contributed by atoms with Gasteiger partial charge in [0.1, 0.15) is 6.04 Å². The van der Waals surface area contributed by atoms with E-state index in [0.29, 0.717) is 17.3 Å². The van der Waals surface area contributed by atoms with Crippen molar-refractivity contribution in [3.63, 3.8) is 0 Å². The van der Waals surface area contributed by atoms with Crippen LogP contribution >= 0.6 is 24.0 Å². The van der Waals surface area contributed by atoms with Crippen LogP contribution in [0.5, 0.6) is 0 Å². The smallest absolute Gasteiger partial charge is 0.328 e. The van der Waals surface area contributed by atoms with Crippen LogP contribution in [0.2, 0.25) is 0 Å². The number of thiol groups is 1. The third-order valence-corrected chi connectivity index (χ3v) is 3.81. The number of esters is 1. The van der Waals surface area contributed by atoms with Crippen LogP contribution in [0.1, 0.15) is 6.42 Å². The highest BCUT2D eigenvalue weighted by molar-refractivity contribution is 7.80. The van der Waals surface area contributed by atoms with Gasteiger partial charge in [0, 0.05) is 10.9 Å². The van der Waals surface area contributed by atoms with Crippen LogP contribution in [-0.2, 0) is 9.53 Å². The summed E-state index contributed by atoms with van der Waals surface area (Å²) in [5.41, 5.74) is 1.95. The Balaban J connectivity index is 2.10. The molecular formula is C14H16N2O2S2. The molecule has 0 aliphatic rings. The average Bonchev–Trinajstić information content (AvgIpc) is 2.95. The molecule has 106 valence electrons. The minimum Gasteiger partial charge on any atom is -0.467 e. The number of anilines is 1. The molecular weight excluding hydrogens is 292 g/mol. The molecule has 4 nitrogen and oxygen atoms in total. The Morgan fingerprint density at radius 2 is 2.20 bits per heavy atom. The number of nitrogens with zero attached hydrogens (tertiary/aromatic N) is 1. The molecule has 1 N–H and O–H groups in total. The zero-order chi connectivity index (χ0) is 14.4. The fraction of sp³-hybridized carbons (Fsp3) is 0.286. The SMILES string of the molecule is COC(=O)[C@H](CCS)Nc1nc(-c2ccccc2)cs1. The lowest BCUT2D eigenvalue weighted by atomic mass is 10.2. The number of carbonyl (C=O) groups is 1. The Hall–Kier alpha value is -1.53. The summed E-state index contributed by atoms with van der Waals surface area (Å²) in [7, 11) is 1.38. The molecule has 0 bridgehead atoms. The zero-order valence-electron chi connectivity index (χ0n) is 11.1. The molecule has 1 aromatic carbocycles. The van der Waals surface area contributed by atoms with Gasteiger partial charge in [-0.05, 0) is 12.2 Å². The van der Waals surface area contributed by atoms with Crippen LogP contribution < -0.4 is 5.32 Å². The summed E-state index contributed by atoms with van der Waals surface area (Å²) in [5, 5.41) is 5.78. The maximum absolute atomic E-state index is 11.6. The number of ether oxygens (including phenoxy) is 1. The summed E-state index contributed by atoms with van der Waals surface area (Å²) < 4.78 is 4.77. The molecule has 0 spiro atoms. The predicted octanol–water partition coefficient (Wildman–Crippen LogP) is 3.08. The summed E-state index contributed by atoms with van der Waals surface area (Å²) in [4.78, 5) is 16.1. The lowest BCUT2D eigenvalue weighted by Gasteiger charge is -2.14. The van der Waals surface area contributed by atoms with Crippen LogP contribution in [0.3, 0.4) is 0 Å². The molecule has 0 amide bonds. The van der Waals surface area contributed by atoms with Gasteiger partial charge in [-0.3, -0.25) is 0 Å². The topological polar surface area (TPSA) is 51.2 Å². The van der Waals surface area contributed by atoms with Gasteiger partial charge in [0.05, 0.1) is 12.8 Å². The normalized spacial score (nSPS) is 11.9. The van der Waals surface area contributed by atoms with E-state index in [1.807, 2.05) is 35.7 Å². The van der Waals surface area contributed by atoms with Crippen molar-refractivity contribution < 1.29 is 9.53 Å². The van der Waals surface area contributed by atoms with Gasteiger partial charge in [0.2, 0.25) is 0 Å². The van der Waals surface area contributed by atoms with E-state index in [9.17, 15) is 4.79 Å². The number of hydrogen-bond donors (Lipinski definition) is 2. The lowest BCUT2D eigenvalue weighted by molar-refractivity contribution is -0.141. The van der Waals surface area contributed by atoms with E-state index in [1.165, 1.54) is 18.4 Å². The number of aromatic nitrogens is 1. The first-order chi connectivity index (χ1) is 9.74. The Bertz CT molecular complexity index is 557. The standard InChI is InChI=1S/C14H16N2O2S2/c1-18-13(17)11(7-8-19)15-14-16-12(9-20-14)10-5-3-2-4-6-10/h2-6,9,11,19H,7-8H2,1H3,(H,15,16)/t11-/m0/s1. The number of carbonyl (C=O) groups excluding carboxylic acids is 1. The predicted molar refractivity (Wildman–Crippen MR) is 85.4 cm³/mol. The van der Waals surface area contributed by atoms with E-state index in [1.54, 1.807) is 0 Å². The van der Waals surface area contributed by atoms with Crippen molar-refractivity contribution in [1.29, 1.82) is 0 Å². The molecule has 2 aromatic rings. The highest BCUT2D eigenvalue weighted by Crippen LogP contribution is 2.25. The van der Waals surface area contributed by atoms with Gasteiger partial charge >= 0.3 is 5.97 Å². The molecule has 2 rings (SSSR count). The van der Waals surface area contributed by atoms with E-state index >= 15 is 0 Å². The first-order valence-corrected chi connectivity index (χ1v) is 7.72. The van der Waals surface area contributed by atoms with Gasteiger partial charge in [-0.15, -0.1) is 11.3 Å². The van der Waals surface area contributed by atoms with Crippen LogP contribution in [0.25, 0.3) is 11.3 Å². The number of nitrogens with one attached hydrogen (secondary N) is 1.